The molecule has 25 heavy (non-hydrogen) atoms. The van der Waals surface area contributed by atoms with Gasteiger partial charge in [-0.05, 0) is 48.9 Å². The molecule has 0 aliphatic heterocycles. The van der Waals surface area contributed by atoms with Gasteiger partial charge in [0.1, 0.15) is 0 Å². The van der Waals surface area contributed by atoms with Crippen LogP contribution in [0.3, 0.4) is 0 Å². The molecule has 0 fully saturated rings. The number of fused-ring (bicyclic) bond motifs is 1. The van der Waals surface area contributed by atoms with Gasteiger partial charge >= 0.3 is 0 Å². The lowest BCUT2D eigenvalue weighted by atomic mass is 10.1. The molecule has 0 saturated carbocycles. The first kappa shape index (κ1) is 17.0. The molecule has 0 aliphatic rings. The van der Waals surface area contributed by atoms with Crippen molar-refractivity contribution >= 4 is 16.8 Å². The lowest BCUT2D eigenvalue weighted by Gasteiger charge is -2.07. The highest BCUT2D eigenvalue weighted by Gasteiger charge is 2.05. The van der Waals surface area contributed by atoms with Crippen molar-refractivity contribution < 1.29 is 4.79 Å². The topological polar surface area (TPSA) is 62.0 Å². The van der Waals surface area contributed by atoms with E-state index in [1.54, 1.807) is 6.92 Å². The lowest BCUT2D eigenvalue weighted by molar-refractivity contribution is -0.121. The van der Waals surface area contributed by atoms with Gasteiger partial charge in [-0.1, -0.05) is 42.0 Å². The van der Waals surface area contributed by atoms with Crippen LogP contribution in [-0.4, -0.2) is 10.9 Å². The Morgan fingerprint density at radius 3 is 2.68 bits per heavy atom. The van der Waals surface area contributed by atoms with E-state index in [2.05, 4.69) is 16.4 Å². The highest BCUT2D eigenvalue weighted by atomic mass is 16.1. The number of H-pyrrole nitrogens is 1. The molecule has 1 heterocycles. The van der Waals surface area contributed by atoms with Crippen molar-refractivity contribution in [3.05, 3.63) is 81.1 Å². The smallest absolute Gasteiger partial charge is 0.251 e. The van der Waals surface area contributed by atoms with Crippen LogP contribution < -0.4 is 10.9 Å². The number of aromatic amines is 1. The zero-order chi connectivity index (χ0) is 17.8. The molecule has 2 aromatic carbocycles. The zero-order valence-electron chi connectivity index (χ0n) is 14.6. The number of hydrogen-bond donors (Lipinski definition) is 2. The minimum Gasteiger partial charge on any atom is -0.352 e. The van der Waals surface area contributed by atoms with Crippen LogP contribution >= 0.6 is 0 Å². The molecule has 0 bridgehead atoms. The molecule has 0 spiro atoms. The predicted octanol–water partition coefficient (Wildman–Crippen LogP) is 3.39. The van der Waals surface area contributed by atoms with Crippen molar-refractivity contribution in [2.24, 2.45) is 0 Å². The fourth-order valence-corrected chi connectivity index (χ4v) is 2.88. The Labute approximate surface area is 146 Å². The van der Waals surface area contributed by atoms with Gasteiger partial charge in [-0.2, -0.15) is 0 Å². The van der Waals surface area contributed by atoms with Gasteiger partial charge in [0, 0.05) is 24.0 Å². The van der Waals surface area contributed by atoms with Crippen molar-refractivity contribution in [2.75, 3.05) is 0 Å². The summed E-state index contributed by atoms with van der Waals surface area (Å²) in [5.74, 6) is 0.0269. The van der Waals surface area contributed by atoms with E-state index >= 15 is 0 Å². The number of hydrogen-bond acceptors (Lipinski definition) is 2. The Morgan fingerprint density at radius 2 is 1.88 bits per heavy atom. The Morgan fingerprint density at radius 1 is 1.04 bits per heavy atom. The number of aromatic nitrogens is 1. The van der Waals surface area contributed by atoms with E-state index in [1.807, 2.05) is 49.4 Å². The minimum atomic E-state index is -0.0689. The molecule has 3 aromatic rings. The monoisotopic (exact) mass is 334 g/mol. The number of benzene rings is 2. The van der Waals surface area contributed by atoms with Gasteiger partial charge in [-0.25, -0.2) is 0 Å². The third kappa shape index (κ3) is 4.35. The Hall–Kier alpha value is -2.88. The van der Waals surface area contributed by atoms with Crippen LogP contribution in [-0.2, 0) is 17.8 Å². The third-order valence-electron chi connectivity index (χ3n) is 4.31. The SMILES string of the molecule is Cc1cccc(CNC(=O)CCc2ccc3cc(C)c(=O)[nH]c3c2)c1. The Balaban J connectivity index is 1.59. The van der Waals surface area contributed by atoms with Crippen LogP contribution in [0.4, 0.5) is 0 Å². The van der Waals surface area contributed by atoms with Crippen LogP contribution in [0, 0.1) is 13.8 Å². The number of pyridine rings is 1. The first-order valence-electron chi connectivity index (χ1n) is 8.46. The van der Waals surface area contributed by atoms with Crippen molar-refractivity contribution in [1.82, 2.24) is 10.3 Å². The summed E-state index contributed by atoms with van der Waals surface area (Å²) in [7, 11) is 0. The molecule has 0 aliphatic carbocycles. The summed E-state index contributed by atoms with van der Waals surface area (Å²) in [5.41, 5.74) is 4.78. The number of carbonyl (C=O) groups excluding carboxylic acids is 1. The Kier molecular flexibility index (Phi) is 4.98. The molecular weight excluding hydrogens is 312 g/mol. The summed E-state index contributed by atoms with van der Waals surface area (Å²) in [6.07, 6.45) is 1.07. The Bertz CT molecular complexity index is 973. The zero-order valence-corrected chi connectivity index (χ0v) is 14.6. The van der Waals surface area contributed by atoms with E-state index < -0.39 is 0 Å². The van der Waals surface area contributed by atoms with Crippen molar-refractivity contribution in [1.29, 1.82) is 0 Å². The standard InChI is InChI=1S/C21H22N2O2/c1-14-4-3-5-17(10-14)13-22-20(24)9-7-16-6-8-18-11-15(2)21(25)23-19(18)12-16/h3-6,8,10-12H,7,9,13H2,1-2H3,(H,22,24)(H,23,25). The lowest BCUT2D eigenvalue weighted by Crippen LogP contribution is -2.23. The molecule has 4 heteroatoms. The molecule has 2 N–H and O–H groups in total. The number of rotatable bonds is 5. The second kappa shape index (κ2) is 7.34. The van der Waals surface area contributed by atoms with Gasteiger partial charge in [-0.15, -0.1) is 0 Å². The average Bonchev–Trinajstić information content (AvgIpc) is 2.59. The molecule has 3 rings (SSSR count). The van der Waals surface area contributed by atoms with Crippen LogP contribution in [0.25, 0.3) is 10.9 Å². The molecule has 0 unspecified atom stereocenters. The van der Waals surface area contributed by atoms with E-state index in [1.165, 1.54) is 5.56 Å². The van der Waals surface area contributed by atoms with Gasteiger partial charge in [0.05, 0.1) is 0 Å². The van der Waals surface area contributed by atoms with Crippen LogP contribution in [0.5, 0.6) is 0 Å². The normalized spacial score (nSPS) is 10.8. The summed E-state index contributed by atoms with van der Waals surface area (Å²) in [6.45, 7) is 4.38. The van der Waals surface area contributed by atoms with E-state index in [0.29, 0.717) is 24.9 Å². The average molecular weight is 334 g/mol. The fraction of sp³-hybridized carbons (Fsp3) is 0.238. The fourth-order valence-electron chi connectivity index (χ4n) is 2.88. The van der Waals surface area contributed by atoms with Crippen LogP contribution in [0.15, 0.2) is 53.3 Å². The van der Waals surface area contributed by atoms with Crippen molar-refractivity contribution in [3.63, 3.8) is 0 Å². The summed E-state index contributed by atoms with van der Waals surface area (Å²) in [5, 5.41) is 3.96. The predicted molar refractivity (Wildman–Crippen MR) is 101 cm³/mol. The minimum absolute atomic E-state index is 0.0269. The maximum Gasteiger partial charge on any atom is 0.251 e. The summed E-state index contributed by atoms with van der Waals surface area (Å²) < 4.78 is 0. The molecule has 4 nitrogen and oxygen atoms in total. The molecular formula is C21H22N2O2. The van der Waals surface area contributed by atoms with Crippen molar-refractivity contribution in [2.45, 2.75) is 33.2 Å². The number of aryl methyl sites for hydroxylation is 3. The number of nitrogens with one attached hydrogen (secondary N) is 2. The van der Waals surface area contributed by atoms with Crippen LogP contribution in [0.1, 0.15) is 28.7 Å². The molecule has 0 saturated heterocycles. The summed E-state index contributed by atoms with van der Waals surface area (Å²) in [4.78, 5) is 26.7. The molecule has 0 radical (unpaired) electrons. The maximum atomic E-state index is 12.1. The van der Waals surface area contributed by atoms with Crippen LogP contribution in [0.2, 0.25) is 0 Å². The molecule has 0 atom stereocenters. The summed E-state index contributed by atoms with van der Waals surface area (Å²) in [6, 6.07) is 15.9. The van der Waals surface area contributed by atoms with Gasteiger partial charge in [0.25, 0.3) is 5.56 Å². The second-order valence-electron chi connectivity index (χ2n) is 6.47. The highest BCUT2D eigenvalue weighted by molar-refractivity contribution is 5.80. The highest BCUT2D eigenvalue weighted by Crippen LogP contribution is 2.14. The van der Waals surface area contributed by atoms with Gasteiger partial charge < -0.3 is 10.3 Å². The van der Waals surface area contributed by atoms with Gasteiger partial charge in [-0.3, -0.25) is 9.59 Å². The van der Waals surface area contributed by atoms with Crippen molar-refractivity contribution in [3.8, 4) is 0 Å². The van der Waals surface area contributed by atoms with Gasteiger partial charge in [0.2, 0.25) is 5.91 Å². The largest absolute Gasteiger partial charge is 0.352 e. The third-order valence-corrected chi connectivity index (χ3v) is 4.31. The molecule has 1 aromatic heterocycles. The van der Waals surface area contributed by atoms with E-state index in [-0.39, 0.29) is 11.5 Å². The summed E-state index contributed by atoms with van der Waals surface area (Å²) >= 11 is 0. The molecule has 128 valence electrons. The van der Waals surface area contributed by atoms with E-state index in [4.69, 9.17) is 0 Å². The van der Waals surface area contributed by atoms with E-state index in [9.17, 15) is 9.59 Å². The first-order chi connectivity index (χ1) is 12.0. The maximum absolute atomic E-state index is 12.1. The van der Waals surface area contributed by atoms with Gasteiger partial charge in [0.15, 0.2) is 0 Å². The quantitative estimate of drug-likeness (QED) is 0.751. The first-order valence-corrected chi connectivity index (χ1v) is 8.46. The molecule has 1 amide bonds. The second-order valence-corrected chi connectivity index (χ2v) is 6.47. The number of carbonyl (C=O) groups is 1. The van der Waals surface area contributed by atoms with E-state index in [0.717, 1.165) is 22.0 Å². The number of amides is 1.